The van der Waals surface area contributed by atoms with E-state index in [1.807, 2.05) is 29.9 Å². The van der Waals surface area contributed by atoms with Crippen LogP contribution in [0.15, 0.2) is 24.4 Å². The van der Waals surface area contributed by atoms with Gasteiger partial charge in [-0.25, -0.2) is 9.67 Å². The smallest absolute Gasteiger partial charge is 0.157 e. The molecule has 0 aliphatic carbocycles. The van der Waals surface area contributed by atoms with Crippen LogP contribution in [0, 0.1) is 6.92 Å². The second-order valence-corrected chi connectivity index (χ2v) is 3.35. The molecule has 0 atom stereocenters. The Kier molecular flexibility index (Phi) is 1.15. The molecule has 1 aliphatic rings. The zero-order valence-electron chi connectivity index (χ0n) is 7.36. The lowest BCUT2D eigenvalue weighted by Gasteiger charge is -1.99. The summed E-state index contributed by atoms with van der Waals surface area (Å²) in [5, 5.41) is 4.23. The van der Waals surface area contributed by atoms with Gasteiger partial charge in [0.15, 0.2) is 5.82 Å². The summed E-state index contributed by atoms with van der Waals surface area (Å²) < 4.78 is 1.92. The van der Waals surface area contributed by atoms with Gasteiger partial charge in [-0.05, 0) is 19.1 Å². The van der Waals surface area contributed by atoms with Crippen LogP contribution in [-0.4, -0.2) is 14.8 Å². The fraction of sp³-hybridized carbons (Fsp3) is 0.200. The van der Waals surface area contributed by atoms with Crippen molar-refractivity contribution in [2.24, 2.45) is 0 Å². The van der Waals surface area contributed by atoms with E-state index in [2.05, 4.69) is 16.1 Å². The number of hydrogen-bond donors (Lipinski definition) is 0. The Balaban J connectivity index is 2.31. The highest BCUT2D eigenvalue weighted by atomic mass is 15.3. The maximum atomic E-state index is 4.47. The average molecular weight is 171 g/mol. The molecule has 0 aromatic carbocycles. The first-order valence-corrected chi connectivity index (χ1v) is 4.34. The highest BCUT2D eigenvalue weighted by molar-refractivity contribution is 5.44. The van der Waals surface area contributed by atoms with E-state index in [-0.39, 0.29) is 0 Å². The minimum absolute atomic E-state index is 0.961. The summed E-state index contributed by atoms with van der Waals surface area (Å²) in [6.45, 7) is 2.00. The third-order valence-electron chi connectivity index (χ3n) is 2.39. The normalized spacial score (nSPS) is 12.7. The number of pyridine rings is 1. The predicted octanol–water partition coefficient (Wildman–Crippen LogP) is 1.48. The molecule has 3 heteroatoms. The summed E-state index contributed by atoms with van der Waals surface area (Å²) >= 11 is 0. The largest absolute Gasteiger partial charge is 0.234 e. The lowest BCUT2D eigenvalue weighted by Crippen LogP contribution is -1.98. The molecule has 3 heterocycles. The predicted molar refractivity (Wildman–Crippen MR) is 48.9 cm³/mol. The molecule has 0 saturated carbocycles. The van der Waals surface area contributed by atoms with Crippen LogP contribution in [0.3, 0.4) is 0 Å². The van der Waals surface area contributed by atoms with Crippen LogP contribution >= 0.6 is 0 Å². The van der Waals surface area contributed by atoms with E-state index < -0.39 is 0 Å². The van der Waals surface area contributed by atoms with Crippen LogP contribution in [0.4, 0.5) is 0 Å². The van der Waals surface area contributed by atoms with E-state index in [1.165, 1.54) is 11.3 Å². The van der Waals surface area contributed by atoms with Gasteiger partial charge in [0.1, 0.15) is 0 Å². The molecule has 0 saturated heterocycles. The minimum Gasteiger partial charge on any atom is -0.234 e. The zero-order valence-corrected chi connectivity index (χ0v) is 7.36. The summed E-state index contributed by atoms with van der Waals surface area (Å²) in [6, 6.07) is 6.22. The Hall–Kier alpha value is -1.64. The average Bonchev–Trinajstić information content (AvgIpc) is 2.64. The van der Waals surface area contributed by atoms with E-state index in [1.54, 1.807) is 0 Å². The van der Waals surface area contributed by atoms with Gasteiger partial charge in [-0.3, -0.25) is 0 Å². The molecule has 0 amide bonds. The lowest BCUT2D eigenvalue weighted by atomic mass is 10.2. The van der Waals surface area contributed by atoms with Crippen molar-refractivity contribution >= 4 is 0 Å². The lowest BCUT2D eigenvalue weighted by molar-refractivity contribution is 0.839. The van der Waals surface area contributed by atoms with Crippen molar-refractivity contribution in [2.45, 2.75) is 13.3 Å². The summed E-state index contributed by atoms with van der Waals surface area (Å²) in [5.74, 6) is 1.00. The maximum Gasteiger partial charge on any atom is 0.157 e. The Bertz CT molecular complexity index is 471. The molecule has 3 rings (SSSR count). The topological polar surface area (TPSA) is 30.7 Å². The van der Waals surface area contributed by atoms with Gasteiger partial charge in [-0.1, -0.05) is 6.07 Å². The van der Waals surface area contributed by atoms with Gasteiger partial charge < -0.3 is 0 Å². The molecule has 0 fully saturated rings. The van der Waals surface area contributed by atoms with Crippen molar-refractivity contribution in [1.82, 2.24) is 14.8 Å². The first-order chi connectivity index (χ1) is 6.34. The van der Waals surface area contributed by atoms with Gasteiger partial charge in [0.25, 0.3) is 0 Å². The van der Waals surface area contributed by atoms with Crippen LogP contribution in [0.1, 0.15) is 17.0 Å². The van der Waals surface area contributed by atoms with Crippen LogP contribution < -0.4 is 0 Å². The van der Waals surface area contributed by atoms with E-state index in [0.29, 0.717) is 0 Å². The molecular weight excluding hydrogens is 162 g/mol. The van der Waals surface area contributed by atoms with Crippen LogP contribution in [0.5, 0.6) is 0 Å². The molecule has 2 aromatic heterocycles. The summed E-state index contributed by atoms with van der Waals surface area (Å²) in [4.78, 5) is 4.47. The third-order valence-corrected chi connectivity index (χ3v) is 2.39. The van der Waals surface area contributed by atoms with Crippen molar-refractivity contribution in [3.05, 3.63) is 41.3 Å². The molecule has 0 N–H and O–H groups in total. The molecule has 0 radical (unpaired) electrons. The van der Waals surface area contributed by atoms with Crippen molar-refractivity contribution in [3.63, 3.8) is 0 Å². The van der Waals surface area contributed by atoms with Crippen molar-refractivity contribution in [1.29, 1.82) is 0 Å². The number of nitrogens with zero attached hydrogens (tertiary/aromatic N) is 3. The molecule has 0 bridgehead atoms. The quantitative estimate of drug-likeness (QED) is 0.513. The second kappa shape index (κ2) is 2.19. The van der Waals surface area contributed by atoms with Gasteiger partial charge in [0.2, 0.25) is 0 Å². The SMILES string of the molecule is Cc1ccc2c(n1)-n1nccc1C2. The molecule has 0 spiro atoms. The fourth-order valence-corrected chi connectivity index (χ4v) is 1.74. The van der Waals surface area contributed by atoms with Gasteiger partial charge in [0, 0.05) is 23.9 Å². The van der Waals surface area contributed by atoms with Crippen LogP contribution in [0.25, 0.3) is 5.82 Å². The molecule has 0 unspecified atom stereocenters. The Morgan fingerprint density at radius 1 is 1.31 bits per heavy atom. The van der Waals surface area contributed by atoms with E-state index in [0.717, 1.165) is 17.9 Å². The molecular formula is C10H9N3. The van der Waals surface area contributed by atoms with E-state index >= 15 is 0 Å². The number of aryl methyl sites for hydroxylation is 1. The number of fused-ring (bicyclic) bond motifs is 3. The second-order valence-electron chi connectivity index (χ2n) is 3.35. The summed E-state index contributed by atoms with van der Waals surface area (Å²) in [7, 11) is 0. The summed E-state index contributed by atoms with van der Waals surface area (Å²) in [6.07, 6.45) is 2.78. The molecule has 1 aliphatic heterocycles. The van der Waals surface area contributed by atoms with Crippen molar-refractivity contribution < 1.29 is 0 Å². The first-order valence-electron chi connectivity index (χ1n) is 4.34. The van der Waals surface area contributed by atoms with Crippen molar-refractivity contribution in [2.75, 3.05) is 0 Å². The molecule has 3 nitrogen and oxygen atoms in total. The van der Waals surface area contributed by atoms with Gasteiger partial charge >= 0.3 is 0 Å². The monoisotopic (exact) mass is 171 g/mol. The number of rotatable bonds is 0. The fourth-order valence-electron chi connectivity index (χ4n) is 1.74. The summed E-state index contributed by atoms with van der Waals surface area (Å²) in [5.41, 5.74) is 3.55. The number of aromatic nitrogens is 3. The molecule has 13 heavy (non-hydrogen) atoms. The van der Waals surface area contributed by atoms with E-state index in [4.69, 9.17) is 0 Å². The van der Waals surface area contributed by atoms with Crippen molar-refractivity contribution in [3.8, 4) is 5.82 Å². The highest BCUT2D eigenvalue weighted by Crippen LogP contribution is 2.24. The van der Waals surface area contributed by atoms with E-state index in [9.17, 15) is 0 Å². The Morgan fingerprint density at radius 2 is 2.23 bits per heavy atom. The highest BCUT2D eigenvalue weighted by Gasteiger charge is 2.19. The Morgan fingerprint density at radius 3 is 3.15 bits per heavy atom. The van der Waals surface area contributed by atoms with Crippen LogP contribution in [-0.2, 0) is 6.42 Å². The standard InChI is InChI=1S/C10H9N3/c1-7-2-3-8-6-9-4-5-11-13(9)10(8)12-7/h2-5H,6H2,1H3. The number of hydrogen-bond acceptors (Lipinski definition) is 2. The maximum absolute atomic E-state index is 4.47. The molecule has 64 valence electrons. The van der Waals surface area contributed by atoms with Crippen LogP contribution in [0.2, 0.25) is 0 Å². The minimum atomic E-state index is 0.961. The van der Waals surface area contributed by atoms with Gasteiger partial charge in [0.05, 0.1) is 5.69 Å². The first kappa shape index (κ1) is 6.83. The molecule has 2 aromatic rings. The third kappa shape index (κ3) is 0.840. The van der Waals surface area contributed by atoms with Gasteiger partial charge in [-0.15, -0.1) is 0 Å². The Labute approximate surface area is 76.0 Å². The van der Waals surface area contributed by atoms with Gasteiger partial charge in [-0.2, -0.15) is 5.10 Å². The zero-order chi connectivity index (χ0) is 8.84.